The number of hydrogen-bond acceptors (Lipinski definition) is 5. The summed E-state index contributed by atoms with van der Waals surface area (Å²) in [6.45, 7) is 5.65. The Hall–Kier alpha value is -1.10. The van der Waals surface area contributed by atoms with Gasteiger partial charge >= 0.3 is 5.97 Å². The van der Waals surface area contributed by atoms with Crippen molar-refractivity contribution in [1.82, 2.24) is 4.98 Å². The van der Waals surface area contributed by atoms with Crippen LogP contribution in [-0.2, 0) is 16.0 Å². The van der Waals surface area contributed by atoms with Crippen molar-refractivity contribution in [1.29, 1.82) is 0 Å². The van der Waals surface area contributed by atoms with Gasteiger partial charge in [-0.2, -0.15) is 0 Å². The van der Waals surface area contributed by atoms with E-state index >= 15 is 0 Å². The highest BCUT2D eigenvalue weighted by atomic mass is 32.1. The Kier molecular flexibility index (Phi) is 4.48. The number of nitrogens with one attached hydrogen (secondary N) is 1. The molecule has 0 spiro atoms. The summed E-state index contributed by atoms with van der Waals surface area (Å²) in [6.07, 6.45) is 5.84. The number of fused-ring (bicyclic) bond motifs is 1. The molecule has 3 rings (SSSR count). The van der Waals surface area contributed by atoms with E-state index in [9.17, 15) is 4.79 Å². The number of ether oxygens (including phenoxy) is 1. The van der Waals surface area contributed by atoms with Crippen molar-refractivity contribution >= 4 is 22.4 Å². The molecule has 0 radical (unpaired) electrons. The van der Waals surface area contributed by atoms with Crippen LogP contribution in [0.4, 0.5) is 5.13 Å². The molecule has 0 saturated heterocycles. The topological polar surface area (TPSA) is 51.2 Å². The van der Waals surface area contributed by atoms with Gasteiger partial charge in [-0.3, -0.25) is 4.79 Å². The second kappa shape index (κ2) is 6.34. The summed E-state index contributed by atoms with van der Waals surface area (Å²) in [4.78, 5) is 17.9. The lowest BCUT2D eigenvalue weighted by Gasteiger charge is -2.15. The van der Waals surface area contributed by atoms with Crippen LogP contribution in [-0.4, -0.2) is 24.1 Å². The normalized spacial score (nSPS) is 27.6. The number of thiazole rings is 1. The van der Waals surface area contributed by atoms with Gasteiger partial charge in [0.05, 0.1) is 12.3 Å². The maximum atomic E-state index is 11.9. The SMILES string of the molecule is CCOC(=O)C1CCc2sc(NCC3CCCC3C)nc21. The predicted octanol–water partition coefficient (Wildman–Crippen LogP) is 3.58. The zero-order chi connectivity index (χ0) is 14.8. The Morgan fingerprint density at radius 1 is 1.43 bits per heavy atom. The summed E-state index contributed by atoms with van der Waals surface area (Å²) >= 11 is 1.72. The Morgan fingerprint density at radius 3 is 3.00 bits per heavy atom. The molecule has 1 heterocycles. The van der Waals surface area contributed by atoms with Crippen molar-refractivity contribution in [2.24, 2.45) is 11.8 Å². The smallest absolute Gasteiger partial charge is 0.315 e. The molecule has 1 N–H and O–H groups in total. The number of carbonyl (C=O) groups is 1. The number of anilines is 1. The second-order valence-corrected chi connectivity index (χ2v) is 7.30. The van der Waals surface area contributed by atoms with E-state index < -0.39 is 0 Å². The van der Waals surface area contributed by atoms with Gasteiger partial charge in [-0.25, -0.2) is 4.98 Å². The highest BCUT2D eigenvalue weighted by Crippen LogP contribution is 2.39. The van der Waals surface area contributed by atoms with Crippen molar-refractivity contribution in [2.75, 3.05) is 18.5 Å². The van der Waals surface area contributed by atoms with E-state index in [0.717, 1.165) is 42.0 Å². The molecule has 5 heteroatoms. The van der Waals surface area contributed by atoms with E-state index in [0.29, 0.717) is 6.61 Å². The molecule has 4 nitrogen and oxygen atoms in total. The molecule has 21 heavy (non-hydrogen) atoms. The quantitative estimate of drug-likeness (QED) is 0.845. The van der Waals surface area contributed by atoms with Gasteiger partial charge in [0.2, 0.25) is 0 Å². The molecule has 1 saturated carbocycles. The van der Waals surface area contributed by atoms with E-state index in [4.69, 9.17) is 4.74 Å². The maximum Gasteiger partial charge on any atom is 0.315 e. The predicted molar refractivity (Wildman–Crippen MR) is 84.8 cm³/mol. The van der Waals surface area contributed by atoms with Crippen LogP contribution in [0.1, 0.15) is 56.0 Å². The number of hydrogen-bond donors (Lipinski definition) is 1. The number of rotatable bonds is 5. The number of nitrogens with zero attached hydrogens (tertiary/aromatic N) is 1. The van der Waals surface area contributed by atoms with Gasteiger partial charge < -0.3 is 10.1 Å². The standard InChI is InChI=1S/C16H24N2O2S/c1-3-20-15(19)12-7-8-13-14(12)18-16(21-13)17-9-11-6-4-5-10(11)2/h10-12H,3-9H2,1-2H3,(H,17,18). The molecule has 1 aromatic heterocycles. The van der Waals surface area contributed by atoms with E-state index in [1.54, 1.807) is 11.3 Å². The minimum atomic E-state index is -0.142. The van der Waals surface area contributed by atoms with Crippen molar-refractivity contribution in [2.45, 2.75) is 51.9 Å². The maximum absolute atomic E-state index is 11.9. The number of aryl methyl sites for hydroxylation is 1. The van der Waals surface area contributed by atoms with E-state index in [1.807, 2.05) is 6.92 Å². The third-order valence-corrected chi connectivity index (χ3v) is 5.93. The van der Waals surface area contributed by atoms with E-state index in [1.165, 1.54) is 24.1 Å². The van der Waals surface area contributed by atoms with Crippen LogP contribution in [0, 0.1) is 11.8 Å². The third-order valence-electron chi connectivity index (χ3n) is 4.84. The Morgan fingerprint density at radius 2 is 2.29 bits per heavy atom. The molecule has 1 aromatic rings. The summed E-state index contributed by atoms with van der Waals surface area (Å²) < 4.78 is 5.15. The van der Waals surface area contributed by atoms with Crippen LogP contribution in [0.25, 0.3) is 0 Å². The van der Waals surface area contributed by atoms with Crippen LogP contribution in [0.15, 0.2) is 0 Å². The Labute approximate surface area is 130 Å². The zero-order valence-corrected chi connectivity index (χ0v) is 13.7. The molecule has 0 amide bonds. The van der Waals surface area contributed by atoms with Gasteiger partial charge in [0.15, 0.2) is 5.13 Å². The van der Waals surface area contributed by atoms with Gasteiger partial charge in [-0.15, -0.1) is 11.3 Å². The minimum absolute atomic E-state index is 0.113. The van der Waals surface area contributed by atoms with Crippen molar-refractivity contribution in [3.8, 4) is 0 Å². The first-order chi connectivity index (χ1) is 10.2. The fourth-order valence-corrected chi connectivity index (χ4v) is 4.56. The van der Waals surface area contributed by atoms with Crippen molar-refractivity contribution in [3.63, 3.8) is 0 Å². The lowest BCUT2D eigenvalue weighted by Crippen LogP contribution is -2.17. The Bertz CT molecular complexity index is 514. The first kappa shape index (κ1) is 14.8. The van der Waals surface area contributed by atoms with Gasteiger partial charge in [0, 0.05) is 11.4 Å². The third kappa shape index (κ3) is 3.07. The van der Waals surface area contributed by atoms with Crippen LogP contribution < -0.4 is 5.32 Å². The molecule has 1 fully saturated rings. The number of aromatic nitrogens is 1. The van der Waals surface area contributed by atoms with E-state index in [2.05, 4.69) is 17.2 Å². The molecule has 2 aliphatic rings. The lowest BCUT2D eigenvalue weighted by atomic mass is 9.98. The summed E-state index contributed by atoms with van der Waals surface area (Å²) in [5.41, 5.74) is 0.959. The largest absolute Gasteiger partial charge is 0.465 e. The molecule has 2 aliphatic carbocycles. The van der Waals surface area contributed by atoms with Crippen LogP contribution in [0.5, 0.6) is 0 Å². The van der Waals surface area contributed by atoms with Crippen molar-refractivity contribution in [3.05, 3.63) is 10.6 Å². The van der Waals surface area contributed by atoms with Crippen LogP contribution >= 0.6 is 11.3 Å². The summed E-state index contributed by atoms with van der Waals surface area (Å²) in [6, 6.07) is 0. The van der Waals surface area contributed by atoms with Crippen LogP contribution in [0.2, 0.25) is 0 Å². The fourth-order valence-electron chi connectivity index (χ4n) is 3.52. The number of carbonyl (C=O) groups excluding carboxylic acids is 1. The van der Waals surface area contributed by atoms with Gasteiger partial charge in [0.1, 0.15) is 5.92 Å². The zero-order valence-electron chi connectivity index (χ0n) is 12.9. The molecule has 0 aliphatic heterocycles. The highest BCUT2D eigenvalue weighted by molar-refractivity contribution is 7.15. The summed E-state index contributed by atoms with van der Waals surface area (Å²) in [5.74, 6) is 1.33. The van der Waals surface area contributed by atoms with Crippen LogP contribution in [0.3, 0.4) is 0 Å². The van der Waals surface area contributed by atoms with Gasteiger partial charge in [-0.05, 0) is 38.0 Å². The fraction of sp³-hybridized carbons (Fsp3) is 0.750. The summed E-state index contributed by atoms with van der Waals surface area (Å²) in [5, 5.41) is 4.47. The van der Waals surface area contributed by atoms with Crippen molar-refractivity contribution < 1.29 is 9.53 Å². The first-order valence-electron chi connectivity index (χ1n) is 8.09. The monoisotopic (exact) mass is 308 g/mol. The number of esters is 1. The first-order valence-corrected chi connectivity index (χ1v) is 8.90. The molecule has 3 atom stereocenters. The van der Waals surface area contributed by atoms with E-state index in [-0.39, 0.29) is 11.9 Å². The lowest BCUT2D eigenvalue weighted by molar-refractivity contribution is -0.145. The second-order valence-electron chi connectivity index (χ2n) is 6.22. The van der Waals surface area contributed by atoms with Gasteiger partial charge in [-0.1, -0.05) is 19.8 Å². The molecule has 3 unspecified atom stereocenters. The average molecular weight is 308 g/mol. The molecule has 0 aromatic carbocycles. The molecule has 116 valence electrons. The molecule has 0 bridgehead atoms. The molecular weight excluding hydrogens is 284 g/mol. The average Bonchev–Trinajstić information content (AvgIpc) is 3.11. The summed E-state index contributed by atoms with van der Waals surface area (Å²) in [7, 11) is 0. The van der Waals surface area contributed by atoms with Gasteiger partial charge in [0.25, 0.3) is 0 Å². The highest BCUT2D eigenvalue weighted by Gasteiger charge is 2.33. The molecular formula is C16H24N2O2S. The Balaban J connectivity index is 1.62. The minimum Gasteiger partial charge on any atom is -0.465 e.